The fourth-order valence-electron chi connectivity index (χ4n) is 1.71. The number of nitrogens with zero attached hydrogens (tertiary/aromatic N) is 1. The number of hydrogen-bond donors (Lipinski definition) is 0. The van der Waals surface area contributed by atoms with E-state index in [1.807, 2.05) is 0 Å². The zero-order valence-corrected chi connectivity index (χ0v) is 11.6. The van der Waals surface area contributed by atoms with Crippen molar-refractivity contribution < 1.29 is 26.3 Å². The van der Waals surface area contributed by atoms with Gasteiger partial charge in [0.1, 0.15) is 10.6 Å². The Morgan fingerprint density at radius 3 is 2.14 bits per heavy atom. The van der Waals surface area contributed by atoms with Gasteiger partial charge in [0.05, 0.1) is 11.5 Å². The van der Waals surface area contributed by atoms with Gasteiger partial charge in [-0.1, -0.05) is 36.4 Å². The van der Waals surface area contributed by atoms with Crippen molar-refractivity contribution in [2.45, 2.75) is 16.2 Å². The molecule has 4 nitrogen and oxygen atoms in total. The van der Waals surface area contributed by atoms with E-state index in [1.54, 1.807) is 0 Å². The molecule has 22 heavy (non-hydrogen) atoms. The van der Waals surface area contributed by atoms with E-state index in [9.17, 15) is 21.6 Å². The van der Waals surface area contributed by atoms with Gasteiger partial charge in [-0.3, -0.25) is 0 Å². The van der Waals surface area contributed by atoms with E-state index in [4.69, 9.17) is 6.57 Å². The molecule has 0 bridgehead atoms. The highest BCUT2D eigenvalue weighted by Gasteiger charge is 2.34. The number of benzene rings is 2. The molecule has 0 fully saturated rings. The number of para-hydroxylation sites is 1. The summed E-state index contributed by atoms with van der Waals surface area (Å²) < 4.78 is 65.7. The Balaban J connectivity index is 2.52. The molecule has 0 radical (unpaired) electrons. The SMILES string of the molecule is [C-]#[N+]c1ccc(S(=O)(=O)c2ccccc2OC(F)(F)F)cc1. The highest BCUT2D eigenvalue weighted by Crippen LogP contribution is 2.33. The van der Waals surface area contributed by atoms with Crippen LogP contribution in [0.4, 0.5) is 18.9 Å². The quantitative estimate of drug-likeness (QED) is 0.802. The largest absolute Gasteiger partial charge is 0.573 e. The molecule has 2 aromatic rings. The van der Waals surface area contributed by atoms with E-state index in [1.165, 1.54) is 24.3 Å². The van der Waals surface area contributed by atoms with Crippen molar-refractivity contribution in [1.82, 2.24) is 0 Å². The van der Waals surface area contributed by atoms with Gasteiger partial charge in [0.25, 0.3) is 0 Å². The summed E-state index contributed by atoms with van der Waals surface area (Å²) in [5, 5.41) is 0. The Bertz CT molecular complexity index is 822. The molecule has 0 aliphatic rings. The normalized spacial score (nSPS) is 11.7. The predicted molar refractivity (Wildman–Crippen MR) is 71.3 cm³/mol. The monoisotopic (exact) mass is 327 g/mol. The lowest BCUT2D eigenvalue weighted by molar-refractivity contribution is -0.275. The summed E-state index contributed by atoms with van der Waals surface area (Å²) in [7, 11) is -4.19. The minimum atomic E-state index is -5.00. The molecule has 0 unspecified atom stereocenters. The molecule has 0 amide bonds. The number of alkyl halides is 3. The van der Waals surface area contributed by atoms with Gasteiger partial charge < -0.3 is 4.74 Å². The molecule has 0 atom stereocenters. The van der Waals surface area contributed by atoms with Gasteiger partial charge in [-0.05, 0) is 12.1 Å². The Hall–Kier alpha value is -2.53. The van der Waals surface area contributed by atoms with Gasteiger partial charge in [-0.25, -0.2) is 13.3 Å². The van der Waals surface area contributed by atoms with Crippen LogP contribution in [0.1, 0.15) is 0 Å². The molecule has 0 saturated heterocycles. The third-order valence-electron chi connectivity index (χ3n) is 2.64. The molecule has 0 aliphatic heterocycles. The second-order valence-corrected chi connectivity index (χ2v) is 6.02. The zero-order chi connectivity index (χ0) is 16.4. The minimum Gasteiger partial charge on any atom is -0.404 e. The second-order valence-electron chi connectivity index (χ2n) is 4.10. The highest BCUT2D eigenvalue weighted by molar-refractivity contribution is 7.91. The van der Waals surface area contributed by atoms with Crippen molar-refractivity contribution in [2.75, 3.05) is 0 Å². The Morgan fingerprint density at radius 2 is 1.59 bits per heavy atom. The molecular weight excluding hydrogens is 319 g/mol. The maximum absolute atomic E-state index is 12.4. The molecule has 0 heterocycles. The molecule has 2 rings (SSSR count). The molecule has 8 heteroatoms. The molecule has 0 aliphatic carbocycles. The lowest BCUT2D eigenvalue weighted by Crippen LogP contribution is -2.19. The van der Waals surface area contributed by atoms with E-state index in [-0.39, 0.29) is 10.6 Å². The number of ether oxygens (including phenoxy) is 1. The van der Waals surface area contributed by atoms with Crippen LogP contribution in [0.5, 0.6) is 5.75 Å². The van der Waals surface area contributed by atoms with Crippen molar-refractivity contribution in [1.29, 1.82) is 0 Å². The van der Waals surface area contributed by atoms with E-state index >= 15 is 0 Å². The van der Waals surface area contributed by atoms with Gasteiger partial charge in [-0.15, -0.1) is 13.2 Å². The van der Waals surface area contributed by atoms with Crippen LogP contribution < -0.4 is 4.74 Å². The second kappa shape index (κ2) is 5.69. The smallest absolute Gasteiger partial charge is 0.404 e. The van der Waals surface area contributed by atoms with Crippen LogP contribution in [-0.2, 0) is 9.84 Å². The van der Waals surface area contributed by atoms with Gasteiger partial charge in [0.15, 0.2) is 5.69 Å². The lowest BCUT2D eigenvalue weighted by Gasteiger charge is -2.13. The third-order valence-corrected chi connectivity index (χ3v) is 4.45. The van der Waals surface area contributed by atoms with E-state index in [0.717, 1.165) is 24.3 Å². The van der Waals surface area contributed by atoms with Gasteiger partial charge in [-0.2, -0.15) is 0 Å². The highest BCUT2D eigenvalue weighted by atomic mass is 32.2. The van der Waals surface area contributed by atoms with Gasteiger partial charge >= 0.3 is 6.36 Å². The lowest BCUT2D eigenvalue weighted by atomic mass is 10.3. The predicted octanol–water partition coefficient (Wildman–Crippen LogP) is 3.97. The van der Waals surface area contributed by atoms with Crippen LogP contribution in [0.25, 0.3) is 4.85 Å². The standard InChI is InChI=1S/C14H8F3NO3S/c1-18-10-6-8-11(9-7-10)22(19,20)13-5-3-2-4-12(13)21-14(15,16)17/h2-9H. The van der Waals surface area contributed by atoms with E-state index in [0.29, 0.717) is 0 Å². The fraction of sp³-hybridized carbons (Fsp3) is 0.0714. The van der Waals surface area contributed by atoms with Crippen molar-refractivity contribution in [3.63, 3.8) is 0 Å². The van der Waals surface area contributed by atoms with Crippen molar-refractivity contribution in [3.8, 4) is 5.75 Å². The van der Waals surface area contributed by atoms with Gasteiger partial charge in [0.2, 0.25) is 9.84 Å². The topological polar surface area (TPSA) is 47.7 Å². The Labute approximate surface area is 124 Å². The third kappa shape index (κ3) is 3.38. The Kier molecular flexibility index (Phi) is 4.10. The fourth-order valence-corrected chi connectivity index (χ4v) is 3.09. The summed E-state index contributed by atoms with van der Waals surface area (Å²) in [6, 6.07) is 9.35. The zero-order valence-electron chi connectivity index (χ0n) is 10.8. The first-order chi connectivity index (χ1) is 10.2. The average Bonchev–Trinajstić information content (AvgIpc) is 2.46. The average molecular weight is 327 g/mol. The molecular formula is C14H8F3NO3S. The van der Waals surface area contributed by atoms with Crippen molar-refractivity contribution in [2.24, 2.45) is 0 Å². The van der Waals surface area contributed by atoms with Crippen LogP contribution in [0.15, 0.2) is 58.3 Å². The van der Waals surface area contributed by atoms with Crippen molar-refractivity contribution >= 4 is 15.5 Å². The molecule has 0 N–H and O–H groups in total. The van der Waals surface area contributed by atoms with E-state index in [2.05, 4.69) is 9.58 Å². The van der Waals surface area contributed by atoms with Crippen LogP contribution in [-0.4, -0.2) is 14.8 Å². The molecule has 2 aromatic carbocycles. The summed E-state index contributed by atoms with van der Waals surface area (Å²) in [5.74, 6) is -0.802. The maximum Gasteiger partial charge on any atom is 0.573 e. The van der Waals surface area contributed by atoms with Gasteiger partial charge in [0, 0.05) is 0 Å². The van der Waals surface area contributed by atoms with E-state index < -0.39 is 26.8 Å². The van der Waals surface area contributed by atoms with Crippen LogP contribution in [0.3, 0.4) is 0 Å². The maximum atomic E-state index is 12.4. The molecule has 0 spiro atoms. The van der Waals surface area contributed by atoms with Crippen molar-refractivity contribution in [3.05, 3.63) is 59.9 Å². The van der Waals surface area contributed by atoms with Crippen LogP contribution in [0, 0.1) is 6.57 Å². The molecule has 0 aromatic heterocycles. The number of hydrogen-bond acceptors (Lipinski definition) is 3. The van der Waals surface area contributed by atoms with Crippen LogP contribution in [0.2, 0.25) is 0 Å². The Morgan fingerprint density at radius 1 is 1.00 bits per heavy atom. The molecule has 0 saturated carbocycles. The number of rotatable bonds is 3. The summed E-state index contributed by atoms with van der Waals surface area (Å²) in [4.78, 5) is 2.30. The summed E-state index contributed by atoms with van der Waals surface area (Å²) in [6.45, 7) is 6.80. The number of halogens is 3. The first-order valence-electron chi connectivity index (χ1n) is 5.81. The first kappa shape index (κ1) is 15.9. The molecule has 114 valence electrons. The minimum absolute atomic E-state index is 0.221. The summed E-state index contributed by atoms with van der Waals surface area (Å²) >= 11 is 0. The summed E-state index contributed by atoms with van der Waals surface area (Å²) in [5.41, 5.74) is 0.221. The first-order valence-corrected chi connectivity index (χ1v) is 7.30. The van der Waals surface area contributed by atoms with Crippen LogP contribution >= 0.6 is 0 Å². The summed E-state index contributed by atoms with van der Waals surface area (Å²) in [6.07, 6.45) is -5.00. The number of sulfone groups is 1.